The number of hydrogen-bond donors (Lipinski definition) is 1. The molecule has 0 aliphatic heterocycles. The number of nitrogens with zero attached hydrogens (tertiary/aromatic N) is 1. The van der Waals surface area contributed by atoms with E-state index in [1.165, 1.54) is 116 Å². The number of quaternary nitrogens is 1. The summed E-state index contributed by atoms with van der Waals surface area (Å²) in [6, 6.07) is 0. The molecular formula is C43H82NO5+. The molecule has 0 heterocycles. The number of aliphatic hydroxyl groups is 1. The molecule has 0 bridgehead atoms. The molecule has 0 rings (SSSR count). The van der Waals surface area contributed by atoms with Crippen molar-refractivity contribution in [1.29, 1.82) is 0 Å². The fraction of sp³-hybridized carbons (Fsp3) is 0.860. The quantitative estimate of drug-likeness (QED) is 0.0231. The van der Waals surface area contributed by atoms with Gasteiger partial charge < -0.3 is 19.1 Å². The highest BCUT2D eigenvalue weighted by Gasteiger charge is 2.24. The van der Waals surface area contributed by atoms with Crippen LogP contribution in [0, 0.1) is 0 Å². The Kier molecular flexibility index (Phi) is 34.9. The average Bonchev–Trinajstić information content (AvgIpc) is 3.07. The molecule has 0 saturated heterocycles. The number of carbonyl (C=O) groups is 2. The van der Waals surface area contributed by atoms with Crippen molar-refractivity contribution in [3.05, 3.63) is 24.3 Å². The van der Waals surface area contributed by atoms with Crippen molar-refractivity contribution >= 4 is 11.9 Å². The summed E-state index contributed by atoms with van der Waals surface area (Å²) in [6.07, 6.45) is 41.2. The summed E-state index contributed by atoms with van der Waals surface area (Å²) >= 11 is 0. The standard InChI is InChI=1S/C43H82NO5/c1-5-7-9-11-13-15-17-19-21-23-25-27-29-31-33-35-41(46)48-43(37-38-44(3,4)39-40-45)49-42(47)36-34-32-30-28-26-24-22-20-18-16-14-12-10-8-6-2/h19-22,43,45H,5-18,23-40H2,1-4H3/q+1/b21-19+,22-20+. The summed E-state index contributed by atoms with van der Waals surface area (Å²) in [4.78, 5) is 25.3. The molecule has 0 amide bonds. The van der Waals surface area contributed by atoms with Crippen LogP contribution in [0.25, 0.3) is 0 Å². The lowest BCUT2D eigenvalue weighted by Crippen LogP contribution is -2.44. The Bertz CT molecular complexity index is 739. The third-order valence-electron chi connectivity index (χ3n) is 9.49. The minimum absolute atomic E-state index is 0.0855. The highest BCUT2D eigenvalue weighted by atomic mass is 16.7. The molecule has 0 saturated carbocycles. The molecule has 0 aromatic rings. The lowest BCUT2D eigenvalue weighted by molar-refractivity contribution is -0.891. The molecule has 0 aliphatic carbocycles. The zero-order valence-electron chi connectivity index (χ0n) is 33.0. The van der Waals surface area contributed by atoms with E-state index in [9.17, 15) is 14.7 Å². The predicted octanol–water partition coefficient (Wildman–Crippen LogP) is 11.9. The van der Waals surface area contributed by atoms with E-state index in [0.29, 0.717) is 36.8 Å². The van der Waals surface area contributed by atoms with E-state index in [4.69, 9.17) is 9.47 Å². The number of hydrogen-bond acceptors (Lipinski definition) is 5. The molecule has 1 N–H and O–H groups in total. The van der Waals surface area contributed by atoms with Gasteiger partial charge in [-0.1, -0.05) is 141 Å². The molecule has 0 radical (unpaired) electrons. The van der Waals surface area contributed by atoms with Crippen molar-refractivity contribution in [2.75, 3.05) is 33.8 Å². The Labute approximate surface area is 304 Å². The van der Waals surface area contributed by atoms with Crippen molar-refractivity contribution in [2.24, 2.45) is 0 Å². The summed E-state index contributed by atoms with van der Waals surface area (Å²) in [5.74, 6) is -0.576. The topological polar surface area (TPSA) is 72.8 Å². The minimum atomic E-state index is -0.859. The smallest absolute Gasteiger partial charge is 0.308 e. The molecule has 0 aromatic carbocycles. The molecule has 0 unspecified atom stereocenters. The zero-order valence-corrected chi connectivity index (χ0v) is 33.0. The molecule has 6 heteroatoms. The summed E-state index contributed by atoms with van der Waals surface area (Å²) in [5, 5.41) is 9.39. The summed E-state index contributed by atoms with van der Waals surface area (Å²) in [6.45, 7) is 5.85. The van der Waals surface area contributed by atoms with Gasteiger partial charge in [0.25, 0.3) is 6.29 Å². The second-order valence-electron chi connectivity index (χ2n) is 15.0. The maximum Gasteiger partial charge on any atom is 0.308 e. The van der Waals surface area contributed by atoms with Crippen molar-refractivity contribution in [2.45, 2.75) is 206 Å². The Morgan fingerprint density at radius 2 is 0.837 bits per heavy atom. The number of carbonyl (C=O) groups excluding carboxylic acids is 2. The first kappa shape index (κ1) is 47.3. The van der Waals surface area contributed by atoms with Gasteiger partial charge in [0.1, 0.15) is 6.54 Å². The normalized spacial score (nSPS) is 12.1. The van der Waals surface area contributed by atoms with E-state index < -0.39 is 6.29 Å². The van der Waals surface area contributed by atoms with Crippen LogP contribution in [0.3, 0.4) is 0 Å². The average molecular weight is 693 g/mol. The fourth-order valence-corrected chi connectivity index (χ4v) is 6.07. The van der Waals surface area contributed by atoms with Gasteiger partial charge in [0.05, 0.1) is 33.7 Å². The van der Waals surface area contributed by atoms with Crippen LogP contribution >= 0.6 is 0 Å². The molecule has 6 nitrogen and oxygen atoms in total. The van der Waals surface area contributed by atoms with Gasteiger partial charge in [0, 0.05) is 12.8 Å². The number of ether oxygens (including phenoxy) is 2. The Hall–Kier alpha value is -1.66. The van der Waals surface area contributed by atoms with Gasteiger partial charge in [0.2, 0.25) is 0 Å². The third kappa shape index (κ3) is 36.0. The lowest BCUT2D eigenvalue weighted by atomic mass is 10.1. The van der Waals surface area contributed by atoms with E-state index in [1.807, 2.05) is 14.1 Å². The maximum atomic E-state index is 12.7. The molecule has 0 aliphatic rings. The van der Waals surface area contributed by atoms with Gasteiger partial charge in [-0.25, -0.2) is 0 Å². The first-order valence-electron chi connectivity index (χ1n) is 21.0. The maximum absolute atomic E-state index is 12.7. The van der Waals surface area contributed by atoms with Gasteiger partial charge in [-0.15, -0.1) is 0 Å². The minimum Gasteiger partial charge on any atom is -0.425 e. The van der Waals surface area contributed by atoms with Crippen LogP contribution in [-0.2, 0) is 19.1 Å². The Morgan fingerprint density at radius 1 is 0.510 bits per heavy atom. The first-order valence-corrected chi connectivity index (χ1v) is 21.0. The van der Waals surface area contributed by atoms with Crippen LogP contribution in [0.1, 0.15) is 200 Å². The molecule has 49 heavy (non-hydrogen) atoms. The van der Waals surface area contributed by atoms with E-state index in [2.05, 4.69) is 38.2 Å². The zero-order chi connectivity index (χ0) is 36.1. The van der Waals surface area contributed by atoms with Crippen LogP contribution in [0.2, 0.25) is 0 Å². The SMILES string of the molecule is CCCCCCCC/C=C/CCCCCCCC(=O)OC(CC[N+](C)(C)CCO)OC(=O)CCCCCCC/C=C/CCCCCCCC. The van der Waals surface area contributed by atoms with E-state index >= 15 is 0 Å². The van der Waals surface area contributed by atoms with Gasteiger partial charge >= 0.3 is 11.9 Å². The predicted molar refractivity (Wildman–Crippen MR) is 208 cm³/mol. The molecule has 0 atom stereocenters. The summed E-state index contributed by atoms with van der Waals surface area (Å²) in [5.41, 5.74) is 0. The second-order valence-corrected chi connectivity index (χ2v) is 15.0. The van der Waals surface area contributed by atoms with Crippen LogP contribution in [0.15, 0.2) is 24.3 Å². The molecule has 288 valence electrons. The van der Waals surface area contributed by atoms with Crippen LogP contribution < -0.4 is 0 Å². The van der Waals surface area contributed by atoms with Crippen LogP contribution in [0.4, 0.5) is 0 Å². The number of rotatable bonds is 37. The van der Waals surface area contributed by atoms with Gasteiger partial charge in [-0.05, 0) is 64.2 Å². The van der Waals surface area contributed by atoms with Crippen molar-refractivity contribution in [3.8, 4) is 0 Å². The Morgan fingerprint density at radius 3 is 1.18 bits per heavy atom. The Balaban J connectivity index is 4.15. The lowest BCUT2D eigenvalue weighted by Gasteiger charge is -2.30. The first-order chi connectivity index (χ1) is 23.8. The van der Waals surface area contributed by atoms with Crippen molar-refractivity contribution in [3.63, 3.8) is 0 Å². The molecule has 0 fully saturated rings. The molecular weight excluding hydrogens is 610 g/mol. The van der Waals surface area contributed by atoms with Gasteiger partial charge in [-0.2, -0.15) is 0 Å². The largest absolute Gasteiger partial charge is 0.425 e. The van der Waals surface area contributed by atoms with Crippen molar-refractivity contribution in [1.82, 2.24) is 0 Å². The van der Waals surface area contributed by atoms with E-state index in [-0.39, 0.29) is 18.5 Å². The molecule has 0 aromatic heterocycles. The van der Waals surface area contributed by atoms with Crippen molar-refractivity contribution < 1.29 is 28.7 Å². The summed E-state index contributed by atoms with van der Waals surface area (Å²) < 4.78 is 11.9. The monoisotopic (exact) mass is 693 g/mol. The fourth-order valence-electron chi connectivity index (χ4n) is 6.07. The number of likely N-dealkylation sites (N-methyl/N-ethyl adjacent to an activating group) is 1. The summed E-state index contributed by atoms with van der Waals surface area (Å²) in [7, 11) is 4.04. The van der Waals surface area contributed by atoms with Crippen LogP contribution in [-0.4, -0.2) is 61.6 Å². The molecule has 0 spiro atoms. The number of esters is 2. The highest BCUT2D eigenvalue weighted by molar-refractivity contribution is 5.71. The third-order valence-corrected chi connectivity index (χ3v) is 9.49. The van der Waals surface area contributed by atoms with E-state index in [1.54, 1.807) is 0 Å². The second kappa shape index (κ2) is 36.1. The van der Waals surface area contributed by atoms with Gasteiger partial charge in [-0.3, -0.25) is 9.59 Å². The highest BCUT2D eigenvalue weighted by Crippen LogP contribution is 2.15. The van der Waals surface area contributed by atoms with Gasteiger partial charge in [0.15, 0.2) is 0 Å². The van der Waals surface area contributed by atoms with E-state index in [0.717, 1.165) is 51.4 Å². The number of allylic oxidation sites excluding steroid dienone is 4. The number of unbranched alkanes of at least 4 members (excludes halogenated alkanes) is 22. The number of aliphatic hydroxyl groups excluding tert-OH is 1. The van der Waals surface area contributed by atoms with Crippen LogP contribution in [0.5, 0.6) is 0 Å².